The van der Waals surface area contributed by atoms with Gasteiger partial charge in [0.15, 0.2) is 5.96 Å². The van der Waals surface area contributed by atoms with Crippen molar-refractivity contribution in [3.8, 4) is 11.5 Å². The Kier molecular flexibility index (Phi) is 7.94. The zero-order valence-electron chi connectivity index (χ0n) is 17.0. The van der Waals surface area contributed by atoms with E-state index in [1.807, 2.05) is 25.2 Å². The molecule has 0 radical (unpaired) electrons. The van der Waals surface area contributed by atoms with Gasteiger partial charge in [-0.2, -0.15) is 0 Å². The normalized spacial score (nSPS) is 12.8. The van der Waals surface area contributed by atoms with E-state index >= 15 is 0 Å². The van der Waals surface area contributed by atoms with Gasteiger partial charge in [0.05, 0.1) is 20.3 Å². The SMILES string of the molecule is CN=C(NCC(c1cccs1)N(C)C)N(C)Cc1ccc(OC)cc1OC. The molecule has 1 aromatic carbocycles. The van der Waals surface area contributed by atoms with Crippen LogP contribution in [0.1, 0.15) is 16.5 Å². The Morgan fingerprint density at radius 1 is 1.19 bits per heavy atom. The fraction of sp³-hybridized carbons (Fsp3) is 0.450. The molecular formula is C20H30N4O2S. The summed E-state index contributed by atoms with van der Waals surface area (Å²) >= 11 is 1.77. The van der Waals surface area contributed by atoms with E-state index in [1.54, 1.807) is 32.6 Å². The van der Waals surface area contributed by atoms with Gasteiger partial charge in [-0.1, -0.05) is 6.07 Å². The van der Waals surface area contributed by atoms with Gasteiger partial charge in [0.1, 0.15) is 11.5 Å². The van der Waals surface area contributed by atoms with Crippen molar-refractivity contribution in [2.45, 2.75) is 12.6 Å². The Morgan fingerprint density at radius 3 is 2.52 bits per heavy atom. The van der Waals surface area contributed by atoms with Gasteiger partial charge in [-0.25, -0.2) is 0 Å². The van der Waals surface area contributed by atoms with Crippen LogP contribution in [0.2, 0.25) is 0 Å². The highest BCUT2D eigenvalue weighted by Crippen LogP contribution is 2.26. The minimum absolute atomic E-state index is 0.297. The fourth-order valence-electron chi connectivity index (χ4n) is 2.90. The number of likely N-dealkylation sites (N-methyl/N-ethyl adjacent to an activating group) is 1. The number of hydrogen-bond acceptors (Lipinski definition) is 5. The molecule has 0 aliphatic rings. The first-order valence-corrected chi connectivity index (χ1v) is 9.70. The van der Waals surface area contributed by atoms with Crippen molar-refractivity contribution < 1.29 is 9.47 Å². The molecule has 0 saturated carbocycles. The van der Waals surface area contributed by atoms with Gasteiger partial charge < -0.3 is 24.6 Å². The Labute approximate surface area is 166 Å². The lowest BCUT2D eigenvalue weighted by Crippen LogP contribution is -2.42. The molecular weight excluding hydrogens is 360 g/mol. The summed E-state index contributed by atoms with van der Waals surface area (Å²) in [4.78, 5) is 10.1. The molecule has 1 heterocycles. The molecule has 0 aliphatic heterocycles. The fourth-order valence-corrected chi connectivity index (χ4v) is 3.83. The summed E-state index contributed by atoms with van der Waals surface area (Å²) in [6.45, 7) is 1.46. The Hall–Kier alpha value is -2.25. The molecule has 0 amide bonds. The lowest BCUT2D eigenvalue weighted by molar-refractivity contribution is 0.299. The highest BCUT2D eigenvalue weighted by Gasteiger charge is 2.17. The van der Waals surface area contributed by atoms with Crippen LogP contribution >= 0.6 is 11.3 Å². The van der Waals surface area contributed by atoms with Gasteiger partial charge in [0.2, 0.25) is 0 Å². The van der Waals surface area contributed by atoms with Crippen LogP contribution in [0.15, 0.2) is 40.7 Å². The van der Waals surface area contributed by atoms with E-state index in [1.165, 1.54) is 4.88 Å². The predicted molar refractivity (Wildman–Crippen MR) is 113 cm³/mol. The second-order valence-corrected chi connectivity index (χ2v) is 7.44. The van der Waals surface area contributed by atoms with Crippen molar-refractivity contribution in [1.29, 1.82) is 0 Å². The van der Waals surface area contributed by atoms with Crippen LogP contribution in [0.25, 0.3) is 0 Å². The first-order valence-electron chi connectivity index (χ1n) is 8.82. The van der Waals surface area contributed by atoms with Crippen LogP contribution in [0.3, 0.4) is 0 Å². The van der Waals surface area contributed by atoms with Crippen molar-refractivity contribution in [2.24, 2.45) is 4.99 Å². The number of hydrogen-bond donors (Lipinski definition) is 1. The summed E-state index contributed by atoms with van der Waals surface area (Å²) in [6.07, 6.45) is 0. The van der Waals surface area contributed by atoms with Gasteiger partial charge in [-0.3, -0.25) is 4.99 Å². The third-order valence-corrected chi connectivity index (χ3v) is 5.40. The number of methoxy groups -OCH3 is 2. The molecule has 2 aromatic rings. The number of ether oxygens (including phenoxy) is 2. The summed E-state index contributed by atoms with van der Waals surface area (Å²) in [6, 6.07) is 10.4. The number of thiophene rings is 1. The molecule has 1 N–H and O–H groups in total. The topological polar surface area (TPSA) is 49.3 Å². The largest absolute Gasteiger partial charge is 0.497 e. The van der Waals surface area contributed by atoms with Crippen molar-refractivity contribution in [2.75, 3.05) is 49.0 Å². The van der Waals surface area contributed by atoms with E-state index in [0.717, 1.165) is 29.6 Å². The number of rotatable bonds is 8. The average molecular weight is 391 g/mol. The van der Waals surface area contributed by atoms with E-state index in [0.29, 0.717) is 12.6 Å². The van der Waals surface area contributed by atoms with Crippen LogP contribution in [-0.2, 0) is 6.54 Å². The molecule has 1 aromatic heterocycles. The zero-order valence-corrected chi connectivity index (χ0v) is 17.8. The predicted octanol–water partition coefficient (Wildman–Crippen LogP) is 3.08. The number of aliphatic imine (C=N–C) groups is 1. The average Bonchev–Trinajstić information content (AvgIpc) is 3.19. The third-order valence-electron chi connectivity index (χ3n) is 4.42. The Balaban J connectivity index is 2.04. The Morgan fingerprint density at radius 2 is 1.96 bits per heavy atom. The molecule has 6 nitrogen and oxygen atoms in total. The maximum atomic E-state index is 5.51. The van der Waals surface area contributed by atoms with E-state index < -0.39 is 0 Å². The molecule has 148 valence electrons. The number of benzene rings is 1. The molecule has 2 rings (SSSR count). The molecule has 27 heavy (non-hydrogen) atoms. The van der Waals surface area contributed by atoms with Gasteiger partial charge in [0, 0.05) is 43.7 Å². The van der Waals surface area contributed by atoms with Gasteiger partial charge in [-0.15, -0.1) is 11.3 Å². The highest BCUT2D eigenvalue weighted by molar-refractivity contribution is 7.10. The molecule has 0 bridgehead atoms. The second-order valence-electron chi connectivity index (χ2n) is 6.46. The number of nitrogens with one attached hydrogen (secondary N) is 1. The van der Waals surface area contributed by atoms with Crippen LogP contribution in [0.5, 0.6) is 11.5 Å². The van der Waals surface area contributed by atoms with Crippen molar-refractivity contribution in [1.82, 2.24) is 15.1 Å². The lowest BCUT2D eigenvalue weighted by atomic mass is 10.2. The lowest BCUT2D eigenvalue weighted by Gasteiger charge is -2.28. The van der Waals surface area contributed by atoms with E-state index in [-0.39, 0.29) is 0 Å². The summed E-state index contributed by atoms with van der Waals surface area (Å²) in [7, 11) is 11.4. The quantitative estimate of drug-likeness (QED) is 0.554. The van der Waals surface area contributed by atoms with Crippen LogP contribution in [0.4, 0.5) is 0 Å². The first kappa shape index (κ1) is 21.1. The van der Waals surface area contributed by atoms with E-state index in [2.05, 4.69) is 51.7 Å². The minimum Gasteiger partial charge on any atom is -0.497 e. The summed E-state index contributed by atoms with van der Waals surface area (Å²) in [5, 5.41) is 5.61. The second kappa shape index (κ2) is 10.2. The van der Waals surface area contributed by atoms with Gasteiger partial charge in [-0.05, 0) is 37.7 Å². The summed E-state index contributed by atoms with van der Waals surface area (Å²) < 4.78 is 10.8. The maximum absolute atomic E-state index is 5.51. The smallest absolute Gasteiger partial charge is 0.193 e. The van der Waals surface area contributed by atoms with Crippen LogP contribution in [-0.4, -0.2) is 64.7 Å². The number of guanidine groups is 1. The molecule has 7 heteroatoms. The zero-order chi connectivity index (χ0) is 19.8. The molecule has 0 aliphatic carbocycles. The number of nitrogens with zero attached hydrogens (tertiary/aromatic N) is 3. The van der Waals surface area contributed by atoms with Crippen LogP contribution in [0, 0.1) is 0 Å². The molecule has 1 atom stereocenters. The van der Waals surface area contributed by atoms with Crippen molar-refractivity contribution in [3.63, 3.8) is 0 Å². The first-order chi connectivity index (χ1) is 13.0. The van der Waals surface area contributed by atoms with Gasteiger partial charge in [0.25, 0.3) is 0 Å². The van der Waals surface area contributed by atoms with Crippen LogP contribution < -0.4 is 14.8 Å². The van der Waals surface area contributed by atoms with Crippen molar-refractivity contribution >= 4 is 17.3 Å². The van der Waals surface area contributed by atoms with E-state index in [9.17, 15) is 0 Å². The molecule has 0 saturated heterocycles. The summed E-state index contributed by atoms with van der Waals surface area (Å²) in [5.74, 6) is 2.43. The highest BCUT2D eigenvalue weighted by atomic mass is 32.1. The maximum Gasteiger partial charge on any atom is 0.193 e. The van der Waals surface area contributed by atoms with E-state index in [4.69, 9.17) is 9.47 Å². The van der Waals surface area contributed by atoms with Gasteiger partial charge >= 0.3 is 0 Å². The standard InChI is InChI=1S/C20H30N4O2S/c1-21-20(22-13-17(23(2)3)19-8-7-11-27-19)24(4)14-15-9-10-16(25-5)12-18(15)26-6/h7-12,17H,13-14H2,1-6H3,(H,21,22). The molecule has 1 unspecified atom stereocenters. The third kappa shape index (κ3) is 5.61. The minimum atomic E-state index is 0.297. The summed E-state index contributed by atoms with van der Waals surface area (Å²) in [5.41, 5.74) is 1.08. The van der Waals surface area contributed by atoms with Crippen molar-refractivity contribution in [3.05, 3.63) is 46.2 Å². The monoisotopic (exact) mass is 390 g/mol. The Bertz CT molecular complexity index is 732. The molecule has 0 fully saturated rings. The molecule has 0 spiro atoms.